The van der Waals surface area contributed by atoms with E-state index < -0.39 is 18.0 Å². The molecule has 1 nitrogen and oxygen atoms in total. The van der Waals surface area contributed by atoms with E-state index in [9.17, 15) is 17.6 Å². The van der Waals surface area contributed by atoms with Crippen molar-refractivity contribution in [1.82, 2.24) is 5.32 Å². The van der Waals surface area contributed by atoms with Crippen molar-refractivity contribution in [2.45, 2.75) is 44.3 Å². The van der Waals surface area contributed by atoms with E-state index in [4.69, 9.17) is 0 Å². The van der Waals surface area contributed by atoms with Crippen molar-refractivity contribution in [1.29, 1.82) is 0 Å². The number of hydrogen-bond acceptors (Lipinski definition) is 1. The Bertz CT molecular complexity index is 395. The van der Waals surface area contributed by atoms with Crippen LogP contribution in [0.4, 0.5) is 17.6 Å². The summed E-state index contributed by atoms with van der Waals surface area (Å²) in [5.74, 6) is -0.351. The van der Waals surface area contributed by atoms with Crippen LogP contribution in [0.15, 0.2) is 24.3 Å². The fraction of sp³-hybridized carbons (Fsp3) is 0.571. The van der Waals surface area contributed by atoms with E-state index >= 15 is 0 Å². The highest BCUT2D eigenvalue weighted by molar-refractivity contribution is 5.26. The van der Waals surface area contributed by atoms with Gasteiger partial charge in [-0.1, -0.05) is 26.0 Å². The molecular formula is C14H19F4N. The Morgan fingerprint density at radius 2 is 1.63 bits per heavy atom. The fourth-order valence-corrected chi connectivity index (χ4v) is 2.25. The molecule has 0 radical (unpaired) electrons. The molecule has 0 aromatic heterocycles. The van der Waals surface area contributed by atoms with Gasteiger partial charge in [-0.05, 0) is 31.2 Å². The Balaban J connectivity index is 2.85. The number of halogens is 4. The van der Waals surface area contributed by atoms with Gasteiger partial charge in [-0.3, -0.25) is 0 Å². The van der Waals surface area contributed by atoms with Gasteiger partial charge in [0.25, 0.3) is 0 Å². The molecule has 108 valence electrons. The zero-order valence-electron chi connectivity index (χ0n) is 11.3. The van der Waals surface area contributed by atoms with Crippen molar-refractivity contribution < 1.29 is 17.6 Å². The molecule has 1 aromatic rings. The third-order valence-corrected chi connectivity index (χ3v) is 3.52. The topological polar surface area (TPSA) is 12.0 Å². The van der Waals surface area contributed by atoms with Gasteiger partial charge >= 0.3 is 6.18 Å². The van der Waals surface area contributed by atoms with Crippen LogP contribution in [0.3, 0.4) is 0 Å². The smallest absolute Gasteiger partial charge is 0.316 e. The molecule has 1 N–H and O–H groups in total. The summed E-state index contributed by atoms with van der Waals surface area (Å²) in [4.78, 5) is 0. The maximum Gasteiger partial charge on any atom is 0.389 e. The van der Waals surface area contributed by atoms with E-state index in [0.717, 1.165) is 5.56 Å². The second-order valence-corrected chi connectivity index (χ2v) is 5.22. The Kier molecular flexibility index (Phi) is 4.96. The van der Waals surface area contributed by atoms with Crippen molar-refractivity contribution in [2.24, 2.45) is 0 Å². The molecule has 0 aliphatic carbocycles. The maximum absolute atomic E-state index is 12.9. The Morgan fingerprint density at radius 1 is 1.11 bits per heavy atom. The van der Waals surface area contributed by atoms with Crippen molar-refractivity contribution >= 4 is 0 Å². The number of likely N-dealkylation sites (N-methyl/N-ethyl adjacent to an activating group) is 1. The van der Waals surface area contributed by atoms with E-state index in [0.29, 0.717) is 0 Å². The Morgan fingerprint density at radius 3 is 2.05 bits per heavy atom. The molecule has 1 aromatic carbocycles. The second kappa shape index (κ2) is 5.90. The molecule has 0 spiro atoms. The van der Waals surface area contributed by atoms with E-state index in [2.05, 4.69) is 5.32 Å². The molecule has 0 aliphatic heterocycles. The van der Waals surface area contributed by atoms with Gasteiger partial charge in [-0.2, -0.15) is 13.2 Å². The summed E-state index contributed by atoms with van der Waals surface area (Å²) in [6.45, 7) is 3.72. The van der Waals surface area contributed by atoms with Crippen LogP contribution in [0.1, 0.15) is 32.3 Å². The lowest BCUT2D eigenvalue weighted by atomic mass is 9.76. The molecule has 1 rings (SSSR count). The monoisotopic (exact) mass is 277 g/mol. The Hall–Kier alpha value is -1.10. The molecule has 1 unspecified atom stereocenters. The number of benzene rings is 1. The first-order valence-electron chi connectivity index (χ1n) is 6.17. The predicted octanol–water partition coefficient (Wildman–Crippen LogP) is 4.03. The van der Waals surface area contributed by atoms with Gasteiger partial charge in [-0.15, -0.1) is 0 Å². The molecule has 0 saturated heterocycles. The third kappa shape index (κ3) is 4.49. The van der Waals surface area contributed by atoms with Crippen molar-refractivity contribution in [3.05, 3.63) is 35.6 Å². The Labute approximate surface area is 111 Å². The van der Waals surface area contributed by atoms with Crippen LogP contribution in [-0.4, -0.2) is 19.3 Å². The van der Waals surface area contributed by atoms with E-state index in [1.165, 1.54) is 12.1 Å². The largest absolute Gasteiger partial charge is 0.389 e. The summed E-state index contributed by atoms with van der Waals surface area (Å²) in [7, 11) is 1.65. The van der Waals surface area contributed by atoms with Crippen LogP contribution >= 0.6 is 0 Å². The quantitative estimate of drug-likeness (QED) is 0.801. The van der Waals surface area contributed by atoms with Crippen LogP contribution in [0.5, 0.6) is 0 Å². The average molecular weight is 277 g/mol. The normalized spacial score (nSPS) is 14.5. The van der Waals surface area contributed by atoms with Gasteiger partial charge in [0.1, 0.15) is 5.82 Å². The highest BCUT2D eigenvalue weighted by atomic mass is 19.4. The summed E-state index contributed by atoms with van der Waals surface area (Å²) in [5, 5.41) is 2.93. The first-order valence-corrected chi connectivity index (χ1v) is 6.17. The van der Waals surface area contributed by atoms with Crippen LogP contribution in [0.2, 0.25) is 0 Å². The fourth-order valence-electron chi connectivity index (χ4n) is 2.25. The van der Waals surface area contributed by atoms with Crippen LogP contribution in [0, 0.1) is 5.82 Å². The molecule has 1 atom stereocenters. The van der Waals surface area contributed by atoms with Gasteiger partial charge in [0.15, 0.2) is 0 Å². The standard InChI is InChI=1S/C14H19F4N/c1-13(2,10-4-6-11(15)7-5-10)12(19-3)8-9-14(16,17)18/h4-7,12,19H,8-9H2,1-3H3. The summed E-state index contributed by atoms with van der Waals surface area (Å²) in [6.07, 6.45) is -5.00. The maximum atomic E-state index is 12.9. The first kappa shape index (κ1) is 16.0. The van der Waals surface area contributed by atoms with Gasteiger partial charge < -0.3 is 5.32 Å². The molecule has 5 heteroatoms. The molecule has 0 amide bonds. The van der Waals surface area contributed by atoms with Gasteiger partial charge in [0.05, 0.1) is 0 Å². The lowest BCUT2D eigenvalue weighted by molar-refractivity contribution is -0.137. The number of hydrogen-bond donors (Lipinski definition) is 1. The molecule has 0 saturated carbocycles. The summed E-state index contributed by atoms with van der Waals surface area (Å²) >= 11 is 0. The third-order valence-electron chi connectivity index (χ3n) is 3.52. The lowest BCUT2D eigenvalue weighted by Crippen LogP contribution is -2.43. The molecule has 0 heterocycles. The first-order chi connectivity index (χ1) is 8.66. The van der Waals surface area contributed by atoms with Crippen LogP contribution < -0.4 is 5.32 Å². The minimum absolute atomic E-state index is 0.00955. The van der Waals surface area contributed by atoms with Gasteiger partial charge in [0.2, 0.25) is 0 Å². The lowest BCUT2D eigenvalue weighted by Gasteiger charge is -2.35. The van der Waals surface area contributed by atoms with E-state index in [1.54, 1.807) is 19.2 Å². The zero-order valence-corrected chi connectivity index (χ0v) is 11.3. The van der Waals surface area contributed by atoms with E-state index in [1.807, 2.05) is 13.8 Å². The summed E-state index contributed by atoms with van der Waals surface area (Å²) < 4.78 is 49.9. The van der Waals surface area contributed by atoms with E-state index in [-0.39, 0.29) is 18.3 Å². The van der Waals surface area contributed by atoms with Crippen molar-refractivity contribution in [3.63, 3.8) is 0 Å². The summed E-state index contributed by atoms with van der Waals surface area (Å²) in [5.41, 5.74) is 0.309. The van der Waals surface area contributed by atoms with Crippen LogP contribution in [0.25, 0.3) is 0 Å². The van der Waals surface area contributed by atoms with Crippen molar-refractivity contribution in [3.8, 4) is 0 Å². The minimum Gasteiger partial charge on any atom is -0.316 e. The summed E-state index contributed by atoms with van der Waals surface area (Å²) in [6, 6.07) is 5.56. The molecule has 0 aliphatic rings. The minimum atomic E-state index is -4.16. The number of nitrogens with one attached hydrogen (secondary N) is 1. The second-order valence-electron chi connectivity index (χ2n) is 5.22. The van der Waals surface area contributed by atoms with Crippen molar-refractivity contribution in [2.75, 3.05) is 7.05 Å². The van der Waals surface area contributed by atoms with Crippen LogP contribution in [-0.2, 0) is 5.41 Å². The van der Waals surface area contributed by atoms with Gasteiger partial charge in [0, 0.05) is 17.9 Å². The zero-order chi connectivity index (χ0) is 14.7. The van der Waals surface area contributed by atoms with Gasteiger partial charge in [-0.25, -0.2) is 4.39 Å². The number of alkyl halides is 3. The molecular weight excluding hydrogens is 258 g/mol. The SMILES string of the molecule is CNC(CCC(F)(F)F)C(C)(C)c1ccc(F)cc1. The predicted molar refractivity (Wildman–Crippen MR) is 67.6 cm³/mol. The molecule has 19 heavy (non-hydrogen) atoms. The molecule has 0 bridgehead atoms. The highest BCUT2D eigenvalue weighted by Crippen LogP contribution is 2.32. The molecule has 0 fully saturated rings. The number of rotatable bonds is 5. The average Bonchev–Trinajstić information content (AvgIpc) is 2.28. The highest BCUT2D eigenvalue weighted by Gasteiger charge is 2.34.